The first kappa shape index (κ1) is 12.9. The predicted molar refractivity (Wildman–Crippen MR) is 82.2 cm³/mol. The van der Waals surface area contributed by atoms with Crippen LogP contribution >= 0.6 is 0 Å². The van der Waals surface area contributed by atoms with Gasteiger partial charge in [0.15, 0.2) is 0 Å². The number of rotatable bonds is 1. The van der Waals surface area contributed by atoms with Gasteiger partial charge in [0, 0.05) is 17.8 Å². The summed E-state index contributed by atoms with van der Waals surface area (Å²) in [5.74, 6) is 2.83. The van der Waals surface area contributed by atoms with E-state index < -0.39 is 0 Å². The summed E-state index contributed by atoms with van der Waals surface area (Å²) in [4.78, 5) is 11.2. The van der Waals surface area contributed by atoms with Gasteiger partial charge in [-0.3, -0.25) is 0 Å². The third kappa shape index (κ3) is 2.11. The fraction of sp³-hybridized carbons (Fsp3) is 0.375. The van der Waals surface area contributed by atoms with E-state index in [2.05, 4.69) is 46.1 Å². The summed E-state index contributed by atoms with van der Waals surface area (Å²) in [6, 6.07) is 8.54. The van der Waals surface area contributed by atoms with Crippen LogP contribution in [0.1, 0.15) is 23.9 Å². The molecule has 0 fully saturated rings. The highest BCUT2D eigenvalue weighted by Gasteiger charge is 2.25. The molecule has 4 heteroatoms. The second-order valence-electron chi connectivity index (χ2n) is 5.65. The maximum atomic E-state index is 6.00. The van der Waals surface area contributed by atoms with Crippen molar-refractivity contribution in [3.63, 3.8) is 0 Å². The van der Waals surface area contributed by atoms with Crippen LogP contribution in [0.15, 0.2) is 24.3 Å². The van der Waals surface area contributed by atoms with Crippen molar-refractivity contribution in [2.45, 2.75) is 27.2 Å². The molecular weight excluding hydrogens is 248 g/mol. The molecule has 2 heterocycles. The van der Waals surface area contributed by atoms with Crippen LogP contribution in [0, 0.1) is 19.8 Å². The van der Waals surface area contributed by atoms with Gasteiger partial charge in [0.2, 0.25) is 0 Å². The van der Waals surface area contributed by atoms with E-state index in [9.17, 15) is 0 Å². The van der Waals surface area contributed by atoms with Crippen LogP contribution in [0.3, 0.4) is 0 Å². The molecule has 1 atom stereocenters. The Morgan fingerprint density at radius 2 is 1.95 bits per heavy atom. The normalized spacial score (nSPS) is 17.9. The molecule has 1 aromatic carbocycles. The highest BCUT2D eigenvalue weighted by atomic mass is 15.2. The van der Waals surface area contributed by atoms with Gasteiger partial charge in [-0.1, -0.05) is 25.1 Å². The van der Waals surface area contributed by atoms with Gasteiger partial charge in [-0.25, -0.2) is 9.97 Å². The zero-order valence-corrected chi connectivity index (χ0v) is 12.2. The van der Waals surface area contributed by atoms with Crippen LogP contribution in [-0.4, -0.2) is 16.5 Å². The summed E-state index contributed by atoms with van der Waals surface area (Å²) in [6.07, 6.45) is 1.12. The molecule has 104 valence electrons. The highest BCUT2D eigenvalue weighted by molar-refractivity contribution is 5.70. The molecule has 0 saturated carbocycles. The van der Waals surface area contributed by atoms with E-state index in [1.54, 1.807) is 0 Å². The topological polar surface area (TPSA) is 55.0 Å². The average Bonchev–Trinajstić information content (AvgIpc) is 2.42. The Morgan fingerprint density at radius 1 is 1.20 bits per heavy atom. The Balaban J connectivity index is 2.16. The smallest absolute Gasteiger partial charge is 0.141 e. The van der Waals surface area contributed by atoms with Crippen molar-refractivity contribution >= 4 is 17.3 Å². The minimum absolute atomic E-state index is 0.572. The van der Waals surface area contributed by atoms with Crippen LogP contribution in [-0.2, 0) is 6.42 Å². The highest BCUT2D eigenvalue weighted by Crippen LogP contribution is 2.36. The van der Waals surface area contributed by atoms with E-state index in [0.29, 0.717) is 11.7 Å². The van der Waals surface area contributed by atoms with Gasteiger partial charge < -0.3 is 10.6 Å². The maximum absolute atomic E-state index is 6.00. The van der Waals surface area contributed by atoms with Gasteiger partial charge in [0.1, 0.15) is 17.5 Å². The third-order valence-electron chi connectivity index (χ3n) is 3.87. The molecule has 0 bridgehead atoms. The Bertz CT molecular complexity index is 651. The number of nitrogens with two attached hydrogens (primary N) is 1. The number of hydrogen-bond acceptors (Lipinski definition) is 4. The molecule has 1 aromatic heterocycles. The molecule has 2 aromatic rings. The van der Waals surface area contributed by atoms with Crippen molar-refractivity contribution in [2.24, 2.45) is 5.92 Å². The molecular formula is C16H20N4. The summed E-state index contributed by atoms with van der Waals surface area (Å²) in [5, 5.41) is 0. The number of nitrogen functional groups attached to an aromatic ring is 1. The van der Waals surface area contributed by atoms with Crippen molar-refractivity contribution in [3.8, 4) is 0 Å². The van der Waals surface area contributed by atoms with Crippen LogP contribution < -0.4 is 10.6 Å². The van der Waals surface area contributed by atoms with Gasteiger partial charge in [0.05, 0.1) is 0 Å². The largest absolute Gasteiger partial charge is 0.383 e. The number of para-hydroxylation sites is 1. The van der Waals surface area contributed by atoms with Crippen molar-refractivity contribution in [2.75, 3.05) is 17.2 Å². The number of hydrogen-bond donors (Lipinski definition) is 1. The minimum Gasteiger partial charge on any atom is -0.383 e. The van der Waals surface area contributed by atoms with Crippen LogP contribution in [0.25, 0.3) is 0 Å². The molecule has 0 amide bonds. The van der Waals surface area contributed by atoms with Crippen LogP contribution in [0.2, 0.25) is 0 Å². The maximum Gasteiger partial charge on any atom is 0.141 e. The second kappa shape index (κ2) is 4.78. The van der Waals surface area contributed by atoms with Crippen LogP contribution in [0.4, 0.5) is 17.3 Å². The van der Waals surface area contributed by atoms with Gasteiger partial charge in [-0.15, -0.1) is 0 Å². The number of fused-ring (bicyclic) bond motifs is 1. The van der Waals surface area contributed by atoms with Crippen molar-refractivity contribution in [1.29, 1.82) is 0 Å². The number of nitrogens with zero attached hydrogens (tertiary/aromatic N) is 3. The van der Waals surface area contributed by atoms with E-state index in [-0.39, 0.29) is 0 Å². The lowest BCUT2D eigenvalue weighted by Gasteiger charge is -2.35. The van der Waals surface area contributed by atoms with Gasteiger partial charge in [-0.05, 0) is 37.8 Å². The van der Waals surface area contributed by atoms with Crippen molar-refractivity contribution < 1.29 is 0 Å². The first-order valence-corrected chi connectivity index (χ1v) is 7.02. The summed E-state index contributed by atoms with van der Waals surface area (Å²) < 4.78 is 0. The Labute approximate surface area is 119 Å². The SMILES string of the molecule is Cc1nc(N)c(C)c(N2CC(C)Cc3ccccc32)n1. The van der Waals surface area contributed by atoms with Crippen LogP contribution in [0.5, 0.6) is 0 Å². The molecule has 1 aliphatic rings. The minimum atomic E-state index is 0.572. The predicted octanol–water partition coefficient (Wildman–Crippen LogP) is 3.01. The Kier molecular flexibility index (Phi) is 3.08. The van der Waals surface area contributed by atoms with Gasteiger partial charge in [0.25, 0.3) is 0 Å². The number of anilines is 3. The Morgan fingerprint density at radius 3 is 2.75 bits per heavy atom. The molecule has 1 unspecified atom stereocenters. The summed E-state index contributed by atoms with van der Waals surface area (Å²) in [7, 11) is 0. The van der Waals surface area contributed by atoms with Crippen molar-refractivity contribution in [1.82, 2.24) is 9.97 Å². The number of aromatic nitrogens is 2. The molecule has 0 aliphatic carbocycles. The molecule has 4 nitrogen and oxygen atoms in total. The molecule has 0 spiro atoms. The lowest BCUT2D eigenvalue weighted by atomic mass is 9.93. The second-order valence-corrected chi connectivity index (χ2v) is 5.65. The van der Waals surface area contributed by atoms with Crippen molar-refractivity contribution in [3.05, 3.63) is 41.2 Å². The van der Waals surface area contributed by atoms with E-state index in [1.165, 1.54) is 11.3 Å². The zero-order chi connectivity index (χ0) is 14.3. The molecule has 0 saturated heterocycles. The molecule has 0 radical (unpaired) electrons. The molecule has 2 N–H and O–H groups in total. The number of aryl methyl sites for hydroxylation is 1. The first-order chi connectivity index (χ1) is 9.56. The summed E-state index contributed by atoms with van der Waals surface area (Å²) >= 11 is 0. The Hall–Kier alpha value is -2.10. The summed E-state index contributed by atoms with van der Waals surface area (Å²) in [6.45, 7) is 7.12. The van der Waals surface area contributed by atoms with E-state index in [0.717, 1.165) is 30.2 Å². The lowest BCUT2D eigenvalue weighted by Crippen LogP contribution is -2.32. The van der Waals surface area contributed by atoms with E-state index in [1.807, 2.05) is 13.8 Å². The first-order valence-electron chi connectivity index (χ1n) is 7.02. The molecule has 20 heavy (non-hydrogen) atoms. The lowest BCUT2D eigenvalue weighted by molar-refractivity contribution is 0.559. The van der Waals surface area contributed by atoms with E-state index in [4.69, 9.17) is 5.73 Å². The van der Waals surface area contributed by atoms with E-state index >= 15 is 0 Å². The zero-order valence-electron chi connectivity index (χ0n) is 12.2. The number of benzene rings is 1. The fourth-order valence-electron chi connectivity index (χ4n) is 2.89. The quantitative estimate of drug-likeness (QED) is 0.863. The summed E-state index contributed by atoms with van der Waals surface area (Å²) in [5.41, 5.74) is 9.58. The fourth-order valence-corrected chi connectivity index (χ4v) is 2.89. The average molecular weight is 268 g/mol. The van der Waals surface area contributed by atoms with Gasteiger partial charge in [-0.2, -0.15) is 0 Å². The molecule has 3 rings (SSSR count). The third-order valence-corrected chi connectivity index (χ3v) is 3.87. The van der Waals surface area contributed by atoms with Gasteiger partial charge >= 0.3 is 0 Å². The standard InChI is InChI=1S/C16H20N4/c1-10-8-13-6-4-5-7-14(13)20(9-10)16-11(2)15(17)18-12(3)19-16/h4-7,10H,8-9H2,1-3H3,(H2,17,18,19). The molecule has 1 aliphatic heterocycles. The monoisotopic (exact) mass is 268 g/mol.